The Morgan fingerprint density at radius 1 is 0.963 bits per heavy atom. The molecule has 2 N–H and O–H groups in total. The second-order valence-corrected chi connectivity index (χ2v) is 6.16. The molecule has 0 heterocycles. The van der Waals surface area contributed by atoms with E-state index >= 15 is 0 Å². The van der Waals surface area contributed by atoms with Gasteiger partial charge in [-0.3, -0.25) is 9.59 Å². The highest BCUT2D eigenvalue weighted by Gasteiger charge is 2.56. The summed E-state index contributed by atoms with van der Waals surface area (Å²) in [6, 6.07) is 9.23. The minimum Gasteiger partial charge on any atom is -0.465 e. The molecule has 0 radical (unpaired) electrons. The fourth-order valence-electron chi connectivity index (χ4n) is 2.63. The van der Waals surface area contributed by atoms with E-state index in [2.05, 4.69) is 15.4 Å². The summed E-state index contributed by atoms with van der Waals surface area (Å²) in [5.74, 6) is -3.82. The van der Waals surface area contributed by atoms with E-state index < -0.39 is 40.5 Å². The van der Waals surface area contributed by atoms with Crippen molar-refractivity contribution in [2.24, 2.45) is 5.41 Å². The minimum atomic E-state index is -1.41. The van der Waals surface area contributed by atoms with Crippen molar-refractivity contribution in [3.8, 4) is 0 Å². The Morgan fingerprint density at radius 3 is 2.15 bits per heavy atom. The molecule has 2 aromatic carbocycles. The summed E-state index contributed by atoms with van der Waals surface area (Å²) < 4.78 is 32.1. The summed E-state index contributed by atoms with van der Waals surface area (Å²) in [7, 11) is 1.24. The van der Waals surface area contributed by atoms with Gasteiger partial charge in [0.15, 0.2) is 0 Å². The normalized spacial score (nSPS) is 14.2. The lowest BCUT2D eigenvalue weighted by Crippen LogP contribution is -2.36. The van der Waals surface area contributed by atoms with Gasteiger partial charge in [-0.15, -0.1) is 0 Å². The van der Waals surface area contributed by atoms with Gasteiger partial charge in [-0.2, -0.15) is 0 Å². The van der Waals surface area contributed by atoms with Gasteiger partial charge in [0.2, 0.25) is 11.8 Å². The van der Waals surface area contributed by atoms with Crippen LogP contribution in [0.2, 0.25) is 0 Å². The first-order valence-electron chi connectivity index (χ1n) is 8.13. The molecule has 2 amide bonds. The van der Waals surface area contributed by atoms with E-state index in [0.29, 0.717) is 5.69 Å². The van der Waals surface area contributed by atoms with E-state index in [1.807, 2.05) is 0 Å². The number of anilines is 2. The maximum absolute atomic E-state index is 13.7. The van der Waals surface area contributed by atoms with E-state index in [1.54, 1.807) is 12.1 Å². The highest BCUT2D eigenvalue weighted by Crippen LogP contribution is 2.47. The first kappa shape index (κ1) is 18.5. The summed E-state index contributed by atoms with van der Waals surface area (Å²) in [6.07, 6.45) is 0.495. The molecule has 0 saturated heterocycles. The molecule has 0 aliphatic heterocycles. The predicted octanol–water partition coefficient (Wildman–Crippen LogP) is 3.11. The smallest absolute Gasteiger partial charge is 0.337 e. The summed E-state index contributed by atoms with van der Waals surface area (Å²) in [6.45, 7) is 0. The van der Waals surface area contributed by atoms with E-state index in [0.717, 1.165) is 12.1 Å². The number of benzene rings is 2. The number of carbonyl (C=O) groups excluding carboxylic acids is 3. The van der Waals surface area contributed by atoms with Crippen LogP contribution in [0.15, 0.2) is 42.5 Å². The molecule has 1 aliphatic rings. The Morgan fingerprint density at radius 2 is 1.56 bits per heavy atom. The highest BCUT2D eigenvalue weighted by molar-refractivity contribution is 6.17. The standard InChI is InChI=1S/C19H16F2N2O4/c1-27-16(24)11-4-2-5-12(10-11)22-17(25)19(8-9-19)18(26)23-15-13(20)6-3-7-14(15)21/h2-7,10H,8-9H2,1H3,(H,22,25)(H,23,26). The van der Waals surface area contributed by atoms with Gasteiger partial charge in [-0.1, -0.05) is 12.1 Å². The molecule has 6 nitrogen and oxygen atoms in total. The van der Waals surface area contributed by atoms with Crippen LogP contribution in [-0.2, 0) is 14.3 Å². The Kier molecular flexibility index (Phi) is 4.89. The quantitative estimate of drug-likeness (QED) is 0.622. The average molecular weight is 374 g/mol. The van der Waals surface area contributed by atoms with Crippen LogP contribution in [0.25, 0.3) is 0 Å². The Labute approximate surface area is 153 Å². The third-order valence-electron chi connectivity index (χ3n) is 4.36. The molecule has 140 valence electrons. The Balaban J connectivity index is 1.75. The number of halogens is 2. The minimum absolute atomic E-state index is 0.234. The maximum Gasteiger partial charge on any atom is 0.337 e. The molecule has 0 spiro atoms. The van der Waals surface area contributed by atoms with Gasteiger partial charge in [0.05, 0.1) is 12.7 Å². The van der Waals surface area contributed by atoms with Gasteiger partial charge in [-0.05, 0) is 43.2 Å². The molecule has 0 atom stereocenters. The summed E-state index contributed by atoms with van der Waals surface area (Å²) in [5.41, 5.74) is -1.46. The molecule has 0 unspecified atom stereocenters. The van der Waals surface area contributed by atoms with Gasteiger partial charge in [-0.25, -0.2) is 13.6 Å². The predicted molar refractivity (Wildman–Crippen MR) is 93.1 cm³/mol. The van der Waals surface area contributed by atoms with E-state index in [4.69, 9.17) is 0 Å². The van der Waals surface area contributed by atoms with Gasteiger partial charge in [0, 0.05) is 5.69 Å². The van der Waals surface area contributed by atoms with Crippen LogP contribution < -0.4 is 10.6 Å². The first-order chi connectivity index (χ1) is 12.9. The zero-order chi connectivity index (χ0) is 19.6. The molecule has 27 heavy (non-hydrogen) atoms. The largest absolute Gasteiger partial charge is 0.465 e. The van der Waals surface area contributed by atoms with E-state index in [9.17, 15) is 23.2 Å². The summed E-state index contributed by atoms with van der Waals surface area (Å²) in [5, 5.41) is 4.73. The second kappa shape index (κ2) is 7.14. The number of amides is 2. The molecular weight excluding hydrogens is 358 g/mol. The van der Waals surface area contributed by atoms with Crippen LogP contribution in [0.5, 0.6) is 0 Å². The van der Waals surface area contributed by atoms with Crippen LogP contribution in [0.3, 0.4) is 0 Å². The van der Waals surface area contributed by atoms with Crippen molar-refractivity contribution in [1.29, 1.82) is 0 Å². The second-order valence-electron chi connectivity index (χ2n) is 6.16. The third-order valence-corrected chi connectivity index (χ3v) is 4.36. The number of nitrogens with one attached hydrogen (secondary N) is 2. The van der Waals surface area contributed by atoms with E-state index in [-0.39, 0.29) is 18.4 Å². The molecule has 8 heteroatoms. The number of para-hydroxylation sites is 1. The zero-order valence-corrected chi connectivity index (χ0v) is 14.3. The molecule has 2 aromatic rings. The van der Waals surface area contributed by atoms with Crippen LogP contribution in [0.1, 0.15) is 23.2 Å². The molecule has 1 fully saturated rings. The van der Waals surface area contributed by atoms with Crippen LogP contribution in [0, 0.1) is 17.0 Å². The lowest BCUT2D eigenvalue weighted by molar-refractivity contribution is -0.131. The first-order valence-corrected chi connectivity index (χ1v) is 8.13. The Hall–Kier alpha value is -3.29. The zero-order valence-electron chi connectivity index (χ0n) is 14.3. The highest BCUT2D eigenvalue weighted by atomic mass is 19.1. The summed E-state index contributed by atoms with van der Waals surface area (Å²) >= 11 is 0. The van der Waals surface area contributed by atoms with Crippen molar-refractivity contribution >= 4 is 29.2 Å². The third kappa shape index (κ3) is 3.64. The Bertz CT molecular complexity index is 905. The van der Waals surface area contributed by atoms with Gasteiger partial charge in [0.1, 0.15) is 22.7 Å². The number of methoxy groups -OCH3 is 1. The average Bonchev–Trinajstić information content (AvgIpc) is 3.46. The lowest BCUT2D eigenvalue weighted by Gasteiger charge is -2.16. The van der Waals surface area contributed by atoms with Crippen molar-refractivity contribution in [1.82, 2.24) is 0 Å². The molecule has 1 saturated carbocycles. The number of hydrogen-bond donors (Lipinski definition) is 2. The van der Waals surface area contributed by atoms with E-state index in [1.165, 1.54) is 25.3 Å². The SMILES string of the molecule is COC(=O)c1cccc(NC(=O)C2(C(=O)Nc3c(F)cccc3F)CC2)c1. The van der Waals surface area contributed by atoms with Crippen molar-refractivity contribution in [3.63, 3.8) is 0 Å². The van der Waals surface area contributed by atoms with Crippen LogP contribution in [0.4, 0.5) is 20.2 Å². The number of esters is 1. The van der Waals surface area contributed by atoms with Crippen molar-refractivity contribution < 1.29 is 27.9 Å². The molecule has 1 aliphatic carbocycles. The van der Waals surface area contributed by atoms with Crippen molar-refractivity contribution in [2.75, 3.05) is 17.7 Å². The number of ether oxygens (including phenoxy) is 1. The number of rotatable bonds is 5. The topological polar surface area (TPSA) is 84.5 Å². The molecule has 0 aromatic heterocycles. The fraction of sp³-hybridized carbons (Fsp3) is 0.211. The fourth-order valence-corrected chi connectivity index (χ4v) is 2.63. The maximum atomic E-state index is 13.7. The lowest BCUT2D eigenvalue weighted by atomic mass is 10.0. The van der Waals surface area contributed by atoms with Gasteiger partial charge < -0.3 is 15.4 Å². The van der Waals surface area contributed by atoms with Gasteiger partial charge >= 0.3 is 5.97 Å². The van der Waals surface area contributed by atoms with Gasteiger partial charge in [0.25, 0.3) is 0 Å². The monoisotopic (exact) mass is 374 g/mol. The van der Waals surface area contributed by atoms with Crippen molar-refractivity contribution in [3.05, 3.63) is 59.7 Å². The van der Waals surface area contributed by atoms with Crippen molar-refractivity contribution in [2.45, 2.75) is 12.8 Å². The molecule has 3 rings (SSSR count). The summed E-state index contributed by atoms with van der Waals surface area (Å²) in [4.78, 5) is 36.6. The number of carbonyl (C=O) groups is 3. The molecular formula is C19H16F2N2O4. The molecule has 0 bridgehead atoms. The van der Waals surface area contributed by atoms with Crippen LogP contribution >= 0.6 is 0 Å². The van der Waals surface area contributed by atoms with Crippen LogP contribution in [-0.4, -0.2) is 24.9 Å². The number of hydrogen-bond acceptors (Lipinski definition) is 4.